The lowest BCUT2D eigenvalue weighted by Crippen LogP contribution is -2.50. The van der Waals surface area contributed by atoms with Crippen LogP contribution in [0.1, 0.15) is 41.3 Å². The molecule has 16 nitrogen and oxygen atoms in total. The van der Waals surface area contributed by atoms with E-state index < -0.39 is 17.9 Å². The fourth-order valence-electron chi connectivity index (χ4n) is 6.03. The molecule has 1 aromatic carbocycles. The number of rotatable bonds is 16. The molecule has 6 N–H and O–H groups in total. The number of nitrogens with zero attached hydrogens (tertiary/aromatic N) is 4. The third-order valence-electron chi connectivity index (χ3n) is 8.71. The van der Waals surface area contributed by atoms with Crippen molar-refractivity contribution in [1.82, 2.24) is 35.6 Å². The monoisotopic (exact) mass is 689 g/mol. The van der Waals surface area contributed by atoms with Crippen LogP contribution in [0.25, 0.3) is 0 Å². The summed E-state index contributed by atoms with van der Waals surface area (Å²) in [6.45, 7) is 4.88. The van der Waals surface area contributed by atoms with Gasteiger partial charge in [-0.25, -0.2) is 0 Å². The second kappa shape index (κ2) is 20.4. The molecule has 272 valence electrons. The molecule has 1 fully saturated rings. The summed E-state index contributed by atoms with van der Waals surface area (Å²) >= 11 is 0. The van der Waals surface area contributed by atoms with E-state index in [2.05, 4.69) is 16.0 Å². The predicted molar refractivity (Wildman–Crippen MR) is 179 cm³/mol. The number of carboxylic acids is 3. The summed E-state index contributed by atoms with van der Waals surface area (Å²) in [6.07, 6.45) is 3.27. The molecule has 1 saturated heterocycles. The van der Waals surface area contributed by atoms with Crippen LogP contribution in [0.4, 0.5) is 0 Å². The number of hydrogen-bond acceptors (Lipinski definition) is 10. The molecular weight excluding hydrogens is 638 g/mol. The Balaban J connectivity index is 1.54. The molecule has 16 heteroatoms. The molecule has 3 amide bonds. The van der Waals surface area contributed by atoms with Crippen molar-refractivity contribution in [3.8, 4) is 0 Å². The zero-order chi connectivity index (χ0) is 35.8. The van der Waals surface area contributed by atoms with Crippen molar-refractivity contribution in [2.75, 3.05) is 98.2 Å². The quantitative estimate of drug-likeness (QED) is 0.111. The van der Waals surface area contributed by atoms with Gasteiger partial charge in [0.15, 0.2) is 0 Å². The highest BCUT2D eigenvalue weighted by Crippen LogP contribution is 2.27. The maximum atomic E-state index is 13.1. The van der Waals surface area contributed by atoms with Crippen LogP contribution in [-0.2, 0) is 36.8 Å². The molecule has 1 aliphatic carbocycles. The Kier molecular flexibility index (Phi) is 16.4. The molecule has 3 rings (SSSR count). The molecule has 1 atom stereocenters. The average Bonchev–Trinajstić information content (AvgIpc) is 3.45. The van der Waals surface area contributed by atoms with Crippen LogP contribution in [0.5, 0.6) is 0 Å². The van der Waals surface area contributed by atoms with E-state index in [4.69, 9.17) is 0 Å². The van der Waals surface area contributed by atoms with Crippen LogP contribution in [0.3, 0.4) is 0 Å². The number of carbonyl (C=O) groups excluding carboxylic acids is 3. The van der Waals surface area contributed by atoms with E-state index in [9.17, 15) is 44.1 Å². The fraction of sp³-hybridized carbons (Fsp3) is 0.636. The molecule has 0 spiro atoms. The van der Waals surface area contributed by atoms with Gasteiger partial charge in [-0.15, -0.1) is 0 Å². The van der Waals surface area contributed by atoms with E-state index in [1.807, 2.05) is 24.0 Å². The molecule has 0 aromatic heterocycles. The maximum absolute atomic E-state index is 13.1. The topological polar surface area (TPSA) is 212 Å². The van der Waals surface area contributed by atoms with Gasteiger partial charge in [0.2, 0.25) is 11.8 Å². The summed E-state index contributed by atoms with van der Waals surface area (Å²) in [4.78, 5) is 79.1. The van der Waals surface area contributed by atoms with E-state index in [-0.39, 0.29) is 56.4 Å². The van der Waals surface area contributed by atoms with Gasteiger partial charge in [-0.2, -0.15) is 0 Å². The van der Waals surface area contributed by atoms with Gasteiger partial charge in [-0.05, 0) is 48.4 Å². The van der Waals surface area contributed by atoms with Crippen molar-refractivity contribution < 1.29 is 44.1 Å². The first-order valence-electron chi connectivity index (χ1n) is 16.9. The van der Waals surface area contributed by atoms with Crippen molar-refractivity contribution in [3.05, 3.63) is 34.9 Å². The summed E-state index contributed by atoms with van der Waals surface area (Å²) in [5, 5.41) is 36.6. The number of hydrogen-bond donors (Lipinski definition) is 6. The Labute approximate surface area is 286 Å². The van der Waals surface area contributed by atoms with Crippen LogP contribution in [0.15, 0.2) is 18.2 Å². The van der Waals surface area contributed by atoms with Gasteiger partial charge in [-0.3, -0.25) is 48.4 Å². The molecule has 1 heterocycles. The summed E-state index contributed by atoms with van der Waals surface area (Å²) in [6, 6.07) is 5.49. The molecule has 1 aromatic rings. The van der Waals surface area contributed by atoms with Gasteiger partial charge in [0.05, 0.1) is 32.7 Å². The minimum absolute atomic E-state index is 0.0446. The summed E-state index contributed by atoms with van der Waals surface area (Å²) < 4.78 is 0. The van der Waals surface area contributed by atoms with Gasteiger partial charge in [0, 0.05) is 71.0 Å². The van der Waals surface area contributed by atoms with Gasteiger partial charge >= 0.3 is 17.9 Å². The molecule has 0 bridgehead atoms. The Morgan fingerprint density at radius 2 is 1.14 bits per heavy atom. The lowest BCUT2D eigenvalue weighted by Gasteiger charge is -2.32. The highest BCUT2D eigenvalue weighted by molar-refractivity contribution is 5.96. The lowest BCUT2D eigenvalue weighted by molar-refractivity contribution is -0.140. The highest BCUT2D eigenvalue weighted by atomic mass is 16.4. The number of unbranched alkanes of at least 4 members (excludes halogenated alkanes) is 1. The molecular formula is C33H51N7O9. The van der Waals surface area contributed by atoms with Crippen LogP contribution < -0.4 is 16.0 Å². The van der Waals surface area contributed by atoms with Crippen molar-refractivity contribution in [3.63, 3.8) is 0 Å². The summed E-state index contributed by atoms with van der Waals surface area (Å²) in [5.74, 6) is -3.66. The van der Waals surface area contributed by atoms with Crippen LogP contribution in [0.2, 0.25) is 0 Å². The second-order valence-electron chi connectivity index (χ2n) is 12.7. The summed E-state index contributed by atoms with van der Waals surface area (Å²) in [7, 11) is 0. The number of benzene rings is 1. The molecule has 0 saturated carbocycles. The second-order valence-corrected chi connectivity index (χ2v) is 12.7. The fourth-order valence-corrected chi connectivity index (χ4v) is 6.03. The standard InChI is InChI=1S/C33H51N7O9/c1-2-3-6-34-28(41)19-36-33(49)26-5-4-25-15-24(16-27(25)17-26)18-35-29(42)20-37-7-9-38(21-30(43)44)11-13-40(23-32(47)48)14-12-39(10-8-37)22-31(45)46/h4-5,17,24H,2-3,6-16,18-23H2,1H3,(H,34,41)(H,35,42)(H,36,49)(H,43,44)(H,45,46)(H,47,48). The summed E-state index contributed by atoms with van der Waals surface area (Å²) in [5.41, 5.74) is 2.61. The average molecular weight is 690 g/mol. The highest BCUT2D eigenvalue weighted by Gasteiger charge is 2.25. The van der Waals surface area contributed by atoms with E-state index >= 15 is 0 Å². The molecule has 0 radical (unpaired) electrons. The van der Waals surface area contributed by atoms with Gasteiger partial charge in [0.25, 0.3) is 5.91 Å². The SMILES string of the molecule is CCCCNC(=O)CNC(=O)c1ccc2c(c1)CC(CNC(=O)CN1CCN(CC(=O)O)CCN(CC(=O)O)CCN(CC(=O)O)CC1)C2. The largest absolute Gasteiger partial charge is 0.480 e. The minimum Gasteiger partial charge on any atom is -0.480 e. The van der Waals surface area contributed by atoms with E-state index in [0.29, 0.717) is 77.4 Å². The third kappa shape index (κ3) is 14.9. The minimum atomic E-state index is -1.02. The number of carbonyl (C=O) groups is 6. The van der Waals surface area contributed by atoms with Crippen LogP contribution >= 0.6 is 0 Å². The first-order valence-corrected chi connectivity index (χ1v) is 16.9. The number of amides is 3. The van der Waals surface area contributed by atoms with Crippen molar-refractivity contribution >= 4 is 35.6 Å². The normalized spacial score (nSPS) is 18.4. The van der Waals surface area contributed by atoms with Crippen LogP contribution in [0, 0.1) is 5.92 Å². The Bertz CT molecular complexity index is 1280. The molecule has 1 unspecified atom stereocenters. The van der Waals surface area contributed by atoms with Crippen molar-refractivity contribution in [2.45, 2.75) is 32.6 Å². The Morgan fingerprint density at radius 3 is 1.63 bits per heavy atom. The maximum Gasteiger partial charge on any atom is 0.317 e. The molecule has 1 aliphatic heterocycles. The van der Waals surface area contributed by atoms with E-state index in [1.165, 1.54) is 0 Å². The molecule has 49 heavy (non-hydrogen) atoms. The first-order chi connectivity index (χ1) is 23.4. The van der Waals surface area contributed by atoms with Crippen molar-refractivity contribution in [1.29, 1.82) is 0 Å². The van der Waals surface area contributed by atoms with Crippen LogP contribution in [-0.4, -0.2) is 169 Å². The van der Waals surface area contributed by atoms with E-state index in [0.717, 1.165) is 30.4 Å². The van der Waals surface area contributed by atoms with Gasteiger partial charge < -0.3 is 31.3 Å². The first kappa shape index (κ1) is 39.3. The van der Waals surface area contributed by atoms with Gasteiger partial charge in [-0.1, -0.05) is 19.4 Å². The number of nitrogens with one attached hydrogen (secondary N) is 3. The predicted octanol–water partition coefficient (Wildman–Crippen LogP) is -1.36. The number of fused-ring (bicyclic) bond motifs is 1. The number of carboxylic acid groups (broad SMARTS) is 3. The zero-order valence-corrected chi connectivity index (χ0v) is 28.3. The van der Waals surface area contributed by atoms with Crippen molar-refractivity contribution in [2.24, 2.45) is 5.92 Å². The van der Waals surface area contributed by atoms with Gasteiger partial charge in [0.1, 0.15) is 0 Å². The Hall–Kier alpha value is -4.12. The smallest absolute Gasteiger partial charge is 0.317 e. The van der Waals surface area contributed by atoms with E-state index in [1.54, 1.807) is 20.8 Å². The third-order valence-corrected chi connectivity index (χ3v) is 8.71. The Morgan fingerprint density at radius 1 is 0.653 bits per heavy atom. The number of aliphatic carboxylic acids is 3. The zero-order valence-electron chi connectivity index (χ0n) is 28.3. The molecule has 2 aliphatic rings. The lowest BCUT2D eigenvalue weighted by atomic mass is 10.1.